The van der Waals surface area contributed by atoms with Crippen LogP contribution in [0, 0.1) is 6.92 Å². The Morgan fingerprint density at radius 1 is 1.19 bits per heavy atom. The Morgan fingerprint density at radius 3 is 2.69 bits per heavy atom. The highest BCUT2D eigenvalue weighted by Gasteiger charge is 2.13. The normalized spacial score (nSPS) is 13.5. The number of carbonyl (C=O) groups excluding carboxylic acids is 1. The van der Waals surface area contributed by atoms with E-state index in [1.165, 1.54) is 12.8 Å². The topological polar surface area (TPSA) is 63.7 Å². The molecule has 1 fully saturated rings. The smallest absolute Gasteiger partial charge is 0.258 e. The van der Waals surface area contributed by atoms with Crippen molar-refractivity contribution >= 4 is 11.7 Å². The molecule has 0 bridgehead atoms. The van der Waals surface area contributed by atoms with Crippen molar-refractivity contribution in [1.82, 2.24) is 10.3 Å². The molecule has 1 aromatic heterocycles. The maximum atomic E-state index is 12.0. The molecule has 1 aliphatic rings. The maximum Gasteiger partial charge on any atom is 0.258 e. The second-order valence-corrected chi connectivity index (χ2v) is 6.44. The minimum Gasteiger partial charge on any atom is -0.493 e. The van der Waals surface area contributed by atoms with Gasteiger partial charge in [0.25, 0.3) is 5.91 Å². The molecule has 138 valence electrons. The van der Waals surface area contributed by atoms with Gasteiger partial charge in [-0.05, 0) is 49.1 Å². The van der Waals surface area contributed by atoms with Crippen molar-refractivity contribution in [3.05, 3.63) is 47.7 Å². The van der Waals surface area contributed by atoms with E-state index in [1.807, 2.05) is 43.5 Å². The van der Waals surface area contributed by atoms with Crippen LogP contribution in [0.25, 0.3) is 0 Å². The number of carbonyl (C=O) groups is 1. The van der Waals surface area contributed by atoms with Crippen LogP contribution >= 0.6 is 0 Å². The van der Waals surface area contributed by atoms with Gasteiger partial charge in [-0.25, -0.2) is 4.98 Å². The third kappa shape index (κ3) is 4.65. The molecule has 1 N–H and O–H groups in total. The quantitative estimate of drug-likeness (QED) is 0.827. The van der Waals surface area contributed by atoms with E-state index >= 15 is 0 Å². The largest absolute Gasteiger partial charge is 0.493 e. The van der Waals surface area contributed by atoms with Crippen molar-refractivity contribution in [3.8, 4) is 11.5 Å². The number of nitrogens with zero attached hydrogens (tertiary/aromatic N) is 2. The molecule has 0 spiro atoms. The summed E-state index contributed by atoms with van der Waals surface area (Å²) in [5.74, 6) is 2.01. The molecule has 1 saturated heterocycles. The molecule has 2 heterocycles. The molecule has 0 unspecified atom stereocenters. The van der Waals surface area contributed by atoms with Crippen LogP contribution in [-0.2, 0) is 11.3 Å². The molecule has 0 aliphatic carbocycles. The lowest BCUT2D eigenvalue weighted by molar-refractivity contribution is -0.123. The van der Waals surface area contributed by atoms with Crippen LogP contribution in [0.1, 0.15) is 24.0 Å². The number of amides is 1. The van der Waals surface area contributed by atoms with Gasteiger partial charge in [0.1, 0.15) is 5.82 Å². The van der Waals surface area contributed by atoms with Crippen LogP contribution in [0.2, 0.25) is 0 Å². The molecule has 0 saturated carbocycles. The lowest BCUT2D eigenvalue weighted by Crippen LogP contribution is -2.28. The molecule has 1 amide bonds. The van der Waals surface area contributed by atoms with Gasteiger partial charge in [-0.3, -0.25) is 4.79 Å². The Balaban J connectivity index is 1.46. The number of aryl methyl sites for hydroxylation is 1. The van der Waals surface area contributed by atoms with Crippen LogP contribution in [0.5, 0.6) is 11.5 Å². The van der Waals surface area contributed by atoms with Gasteiger partial charge in [0.05, 0.1) is 7.11 Å². The first-order valence-electron chi connectivity index (χ1n) is 8.90. The summed E-state index contributed by atoms with van der Waals surface area (Å²) in [6.45, 7) is 4.49. The minimum atomic E-state index is -0.184. The fourth-order valence-electron chi connectivity index (χ4n) is 2.94. The molecular formula is C20H25N3O3. The van der Waals surface area contributed by atoms with Gasteiger partial charge in [-0.15, -0.1) is 0 Å². The van der Waals surface area contributed by atoms with Crippen LogP contribution in [-0.4, -0.2) is 37.7 Å². The fourth-order valence-corrected chi connectivity index (χ4v) is 2.94. The van der Waals surface area contributed by atoms with E-state index in [0.717, 1.165) is 30.0 Å². The van der Waals surface area contributed by atoms with E-state index in [9.17, 15) is 4.79 Å². The Kier molecular flexibility index (Phi) is 5.94. The SMILES string of the molecule is COc1cc(C)ccc1OCC(=O)NCc1ccc(N2CCCC2)nc1. The second-order valence-electron chi connectivity index (χ2n) is 6.44. The second kappa shape index (κ2) is 8.56. The van der Waals surface area contributed by atoms with Crippen molar-refractivity contribution in [2.45, 2.75) is 26.3 Å². The first kappa shape index (κ1) is 18.0. The van der Waals surface area contributed by atoms with Gasteiger partial charge in [0.15, 0.2) is 18.1 Å². The van der Waals surface area contributed by atoms with Crippen LogP contribution in [0.4, 0.5) is 5.82 Å². The average molecular weight is 355 g/mol. The molecule has 1 aromatic carbocycles. The molecule has 3 rings (SSSR count). The molecule has 26 heavy (non-hydrogen) atoms. The molecule has 1 aliphatic heterocycles. The lowest BCUT2D eigenvalue weighted by atomic mass is 10.2. The van der Waals surface area contributed by atoms with Gasteiger partial charge in [-0.1, -0.05) is 12.1 Å². The summed E-state index contributed by atoms with van der Waals surface area (Å²) < 4.78 is 10.8. The Hall–Kier alpha value is -2.76. The summed E-state index contributed by atoms with van der Waals surface area (Å²) in [5, 5.41) is 2.85. The van der Waals surface area contributed by atoms with Gasteiger partial charge >= 0.3 is 0 Å². The first-order chi connectivity index (χ1) is 12.7. The van der Waals surface area contributed by atoms with Crippen molar-refractivity contribution < 1.29 is 14.3 Å². The molecule has 6 nitrogen and oxygen atoms in total. The van der Waals surface area contributed by atoms with E-state index in [-0.39, 0.29) is 12.5 Å². The van der Waals surface area contributed by atoms with Crippen molar-refractivity contribution in [2.75, 3.05) is 31.7 Å². The van der Waals surface area contributed by atoms with Crippen LogP contribution < -0.4 is 19.7 Å². The third-order valence-electron chi connectivity index (χ3n) is 4.41. The van der Waals surface area contributed by atoms with E-state index in [0.29, 0.717) is 18.0 Å². The Labute approximate surface area is 154 Å². The van der Waals surface area contributed by atoms with Crippen molar-refractivity contribution in [3.63, 3.8) is 0 Å². The minimum absolute atomic E-state index is 0.0568. The number of rotatable bonds is 7. The number of aromatic nitrogens is 1. The molecular weight excluding hydrogens is 330 g/mol. The Bertz CT molecular complexity index is 740. The van der Waals surface area contributed by atoms with E-state index in [4.69, 9.17) is 9.47 Å². The lowest BCUT2D eigenvalue weighted by Gasteiger charge is -2.16. The summed E-state index contributed by atoms with van der Waals surface area (Å²) in [4.78, 5) is 18.8. The molecule has 6 heteroatoms. The highest BCUT2D eigenvalue weighted by Crippen LogP contribution is 2.27. The Morgan fingerprint density at radius 2 is 2.00 bits per heavy atom. The third-order valence-corrected chi connectivity index (χ3v) is 4.41. The number of nitrogens with one attached hydrogen (secondary N) is 1. The molecule has 2 aromatic rings. The average Bonchev–Trinajstić information content (AvgIpc) is 3.20. The molecule has 0 radical (unpaired) electrons. The number of pyridine rings is 1. The highest BCUT2D eigenvalue weighted by molar-refractivity contribution is 5.77. The predicted octanol–water partition coefficient (Wildman–Crippen LogP) is 2.69. The molecule has 0 atom stereocenters. The first-order valence-corrected chi connectivity index (χ1v) is 8.90. The van der Waals surface area contributed by atoms with Crippen LogP contribution in [0.15, 0.2) is 36.5 Å². The van der Waals surface area contributed by atoms with Gasteiger partial charge in [0.2, 0.25) is 0 Å². The van der Waals surface area contributed by atoms with Gasteiger partial charge < -0.3 is 19.7 Å². The number of benzene rings is 1. The summed E-state index contributed by atoms with van der Waals surface area (Å²) in [6, 6.07) is 9.62. The van der Waals surface area contributed by atoms with E-state index < -0.39 is 0 Å². The fraction of sp³-hybridized carbons (Fsp3) is 0.400. The maximum absolute atomic E-state index is 12.0. The summed E-state index contributed by atoms with van der Waals surface area (Å²) >= 11 is 0. The zero-order valence-electron chi connectivity index (χ0n) is 15.3. The highest BCUT2D eigenvalue weighted by atomic mass is 16.5. The summed E-state index contributed by atoms with van der Waals surface area (Å²) in [7, 11) is 1.58. The number of anilines is 1. The van der Waals surface area contributed by atoms with Gasteiger partial charge in [0, 0.05) is 25.8 Å². The van der Waals surface area contributed by atoms with Crippen molar-refractivity contribution in [1.29, 1.82) is 0 Å². The zero-order chi connectivity index (χ0) is 18.4. The van der Waals surface area contributed by atoms with E-state index in [2.05, 4.69) is 15.2 Å². The standard InChI is InChI=1S/C20H25N3O3/c1-15-5-7-17(18(11-15)25-2)26-14-20(24)22-13-16-6-8-19(21-12-16)23-9-3-4-10-23/h5-8,11-12H,3-4,9-10,13-14H2,1-2H3,(H,22,24). The van der Waals surface area contributed by atoms with Crippen molar-refractivity contribution in [2.24, 2.45) is 0 Å². The number of ether oxygens (including phenoxy) is 2. The number of hydrogen-bond donors (Lipinski definition) is 1. The number of methoxy groups -OCH3 is 1. The predicted molar refractivity (Wildman–Crippen MR) is 101 cm³/mol. The zero-order valence-corrected chi connectivity index (χ0v) is 15.3. The monoisotopic (exact) mass is 355 g/mol. The van der Waals surface area contributed by atoms with Gasteiger partial charge in [-0.2, -0.15) is 0 Å². The van der Waals surface area contributed by atoms with E-state index in [1.54, 1.807) is 7.11 Å². The number of hydrogen-bond acceptors (Lipinski definition) is 5. The summed E-state index contributed by atoms with van der Waals surface area (Å²) in [6.07, 6.45) is 4.27. The van der Waals surface area contributed by atoms with Crippen LogP contribution in [0.3, 0.4) is 0 Å². The summed E-state index contributed by atoms with van der Waals surface area (Å²) in [5.41, 5.74) is 2.04.